The second-order valence-corrected chi connectivity index (χ2v) is 5.18. The van der Waals surface area contributed by atoms with Crippen molar-refractivity contribution >= 4 is 17.7 Å². The minimum atomic E-state index is -1.02. The molecule has 2 aromatic rings. The number of benzene rings is 2. The zero-order valence-electron chi connectivity index (χ0n) is 11.8. The Balaban J connectivity index is 2.15. The summed E-state index contributed by atoms with van der Waals surface area (Å²) in [7, 11) is 1.53. The van der Waals surface area contributed by atoms with Crippen LogP contribution in [0.2, 0.25) is 0 Å². The molecule has 2 rings (SSSR count). The molecule has 0 atom stereocenters. The number of hydrogen-bond acceptors (Lipinski definition) is 4. The van der Waals surface area contributed by atoms with Crippen LogP contribution in [0.15, 0.2) is 47.4 Å². The number of methoxy groups -OCH3 is 1. The second kappa shape index (κ2) is 7.04. The third kappa shape index (κ3) is 3.92. The normalized spacial score (nSPS) is 10.2. The van der Waals surface area contributed by atoms with Gasteiger partial charge in [0.2, 0.25) is 0 Å². The van der Waals surface area contributed by atoms with Gasteiger partial charge in [0, 0.05) is 11.0 Å². The molecule has 21 heavy (non-hydrogen) atoms. The summed E-state index contributed by atoms with van der Waals surface area (Å²) in [5.74, 6) is -0.158. The molecule has 1 N–H and O–H groups in total. The molecule has 110 valence electrons. The molecule has 0 saturated heterocycles. The van der Waals surface area contributed by atoms with E-state index in [2.05, 4.69) is 0 Å². The first-order chi connectivity index (χ1) is 10.1. The molecule has 0 spiro atoms. The van der Waals surface area contributed by atoms with E-state index in [9.17, 15) is 9.90 Å². The van der Waals surface area contributed by atoms with Crippen LogP contribution in [0, 0.1) is 0 Å². The Kier molecular flexibility index (Phi) is 5.11. The van der Waals surface area contributed by atoms with Gasteiger partial charge >= 0.3 is 5.97 Å². The first-order valence-electron chi connectivity index (χ1n) is 6.31. The Hall–Kier alpha value is -2.14. The molecule has 0 heterocycles. The standard InChI is InChI=1S/C16H16O4S/c1-19-12-5-8-14(16(17)18)15(9-12)20-10-11-3-6-13(21-2)7-4-11/h3-9H,10H2,1-2H3,(H,17,18). The first kappa shape index (κ1) is 15.3. The minimum Gasteiger partial charge on any atom is -0.497 e. The number of aromatic carboxylic acids is 1. The molecule has 0 aliphatic heterocycles. The van der Waals surface area contributed by atoms with Crippen LogP contribution in [0.5, 0.6) is 11.5 Å². The smallest absolute Gasteiger partial charge is 0.339 e. The maximum Gasteiger partial charge on any atom is 0.339 e. The van der Waals surface area contributed by atoms with Gasteiger partial charge in [0.05, 0.1) is 7.11 Å². The first-order valence-corrected chi connectivity index (χ1v) is 7.53. The van der Waals surface area contributed by atoms with E-state index in [1.165, 1.54) is 18.1 Å². The maximum atomic E-state index is 11.2. The Labute approximate surface area is 127 Å². The Bertz CT molecular complexity index is 623. The summed E-state index contributed by atoms with van der Waals surface area (Å²) in [4.78, 5) is 12.4. The van der Waals surface area contributed by atoms with Gasteiger partial charge in [-0.25, -0.2) is 4.79 Å². The number of ether oxygens (including phenoxy) is 2. The van der Waals surface area contributed by atoms with Crippen molar-refractivity contribution in [1.82, 2.24) is 0 Å². The molecular weight excluding hydrogens is 288 g/mol. The topological polar surface area (TPSA) is 55.8 Å². The van der Waals surface area contributed by atoms with Crippen molar-refractivity contribution in [1.29, 1.82) is 0 Å². The summed E-state index contributed by atoms with van der Waals surface area (Å²) < 4.78 is 10.7. The van der Waals surface area contributed by atoms with Gasteiger partial charge in [-0.05, 0) is 36.1 Å². The molecule has 4 nitrogen and oxygen atoms in total. The highest BCUT2D eigenvalue weighted by molar-refractivity contribution is 7.98. The largest absolute Gasteiger partial charge is 0.497 e. The molecule has 2 aromatic carbocycles. The summed E-state index contributed by atoms with van der Waals surface area (Å²) in [5.41, 5.74) is 1.10. The SMILES string of the molecule is COc1ccc(C(=O)O)c(OCc2ccc(SC)cc2)c1. The number of hydrogen-bond donors (Lipinski definition) is 1. The third-order valence-electron chi connectivity index (χ3n) is 2.97. The second-order valence-electron chi connectivity index (χ2n) is 4.30. The van der Waals surface area contributed by atoms with Crippen LogP contribution in [0.25, 0.3) is 0 Å². The lowest BCUT2D eigenvalue weighted by Crippen LogP contribution is -2.03. The summed E-state index contributed by atoms with van der Waals surface area (Å²) in [6.45, 7) is 0.308. The van der Waals surface area contributed by atoms with E-state index in [1.807, 2.05) is 30.5 Å². The van der Waals surface area contributed by atoms with E-state index in [0.29, 0.717) is 18.1 Å². The quantitative estimate of drug-likeness (QED) is 0.825. The maximum absolute atomic E-state index is 11.2. The van der Waals surface area contributed by atoms with Crippen molar-refractivity contribution in [3.05, 3.63) is 53.6 Å². The van der Waals surface area contributed by atoms with Crippen molar-refractivity contribution in [2.24, 2.45) is 0 Å². The average molecular weight is 304 g/mol. The number of carboxylic acid groups (broad SMARTS) is 1. The van der Waals surface area contributed by atoms with Gasteiger partial charge in [-0.3, -0.25) is 0 Å². The number of carboxylic acids is 1. The molecule has 0 aliphatic carbocycles. The van der Waals surface area contributed by atoms with Gasteiger partial charge in [-0.2, -0.15) is 0 Å². The molecule has 0 saturated carbocycles. The fraction of sp³-hybridized carbons (Fsp3) is 0.188. The molecule has 0 aliphatic rings. The van der Waals surface area contributed by atoms with Crippen molar-refractivity contribution < 1.29 is 19.4 Å². The number of thioether (sulfide) groups is 1. The molecule has 0 fully saturated rings. The number of rotatable bonds is 6. The van der Waals surface area contributed by atoms with E-state index >= 15 is 0 Å². The van der Waals surface area contributed by atoms with Crippen LogP contribution < -0.4 is 9.47 Å². The van der Waals surface area contributed by atoms with E-state index < -0.39 is 5.97 Å². The van der Waals surface area contributed by atoms with Gasteiger partial charge in [-0.1, -0.05) is 12.1 Å². The van der Waals surface area contributed by atoms with Crippen LogP contribution in [-0.4, -0.2) is 24.4 Å². The lowest BCUT2D eigenvalue weighted by Gasteiger charge is -2.11. The van der Waals surface area contributed by atoms with E-state index in [0.717, 1.165) is 5.56 Å². The zero-order valence-corrected chi connectivity index (χ0v) is 12.6. The van der Waals surface area contributed by atoms with Gasteiger partial charge < -0.3 is 14.6 Å². The average Bonchev–Trinajstić information content (AvgIpc) is 2.52. The third-order valence-corrected chi connectivity index (χ3v) is 3.72. The summed E-state index contributed by atoms with van der Waals surface area (Å²) in [5, 5.41) is 9.17. The highest BCUT2D eigenvalue weighted by Gasteiger charge is 2.12. The molecule has 0 bridgehead atoms. The molecule has 0 unspecified atom stereocenters. The van der Waals surface area contributed by atoms with Crippen LogP contribution >= 0.6 is 11.8 Å². The summed E-state index contributed by atoms with van der Waals surface area (Å²) >= 11 is 1.67. The van der Waals surface area contributed by atoms with Crippen molar-refractivity contribution in [2.45, 2.75) is 11.5 Å². The summed E-state index contributed by atoms with van der Waals surface area (Å²) in [6.07, 6.45) is 2.01. The number of carbonyl (C=O) groups is 1. The monoisotopic (exact) mass is 304 g/mol. The predicted octanol–water partition coefficient (Wildman–Crippen LogP) is 3.69. The highest BCUT2D eigenvalue weighted by atomic mass is 32.2. The summed E-state index contributed by atoms with van der Waals surface area (Å²) in [6, 6.07) is 12.6. The van der Waals surface area contributed by atoms with E-state index in [4.69, 9.17) is 9.47 Å². The van der Waals surface area contributed by atoms with Gasteiger partial charge in [0.1, 0.15) is 23.7 Å². The van der Waals surface area contributed by atoms with Crippen LogP contribution in [0.3, 0.4) is 0 Å². The lowest BCUT2D eigenvalue weighted by atomic mass is 10.2. The van der Waals surface area contributed by atoms with Crippen LogP contribution in [-0.2, 0) is 6.61 Å². The minimum absolute atomic E-state index is 0.122. The van der Waals surface area contributed by atoms with Crippen molar-refractivity contribution in [3.63, 3.8) is 0 Å². The predicted molar refractivity (Wildman–Crippen MR) is 82.5 cm³/mol. The van der Waals surface area contributed by atoms with Gasteiger partial charge in [0.25, 0.3) is 0 Å². The molecule has 0 radical (unpaired) electrons. The molecule has 5 heteroatoms. The van der Waals surface area contributed by atoms with E-state index in [1.54, 1.807) is 23.9 Å². The Morgan fingerprint density at radius 2 is 1.90 bits per heavy atom. The van der Waals surface area contributed by atoms with Gasteiger partial charge in [0.15, 0.2) is 0 Å². The van der Waals surface area contributed by atoms with Crippen LogP contribution in [0.1, 0.15) is 15.9 Å². The fourth-order valence-electron chi connectivity index (χ4n) is 1.81. The van der Waals surface area contributed by atoms with E-state index in [-0.39, 0.29) is 5.56 Å². The molecule has 0 amide bonds. The highest BCUT2D eigenvalue weighted by Crippen LogP contribution is 2.26. The van der Waals surface area contributed by atoms with Crippen molar-refractivity contribution in [3.8, 4) is 11.5 Å². The van der Waals surface area contributed by atoms with Gasteiger partial charge in [-0.15, -0.1) is 11.8 Å². The van der Waals surface area contributed by atoms with Crippen molar-refractivity contribution in [2.75, 3.05) is 13.4 Å². The Morgan fingerprint density at radius 1 is 1.19 bits per heavy atom. The van der Waals surface area contributed by atoms with Crippen LogP contribution in [0.4, 0.5) is 0 Å². The Morgan fingerprint density at radius 3 is 2.48 bits per heavy atom. The fourth-order valence-corrected chi connectivity index (χ4v) is 2.22. The lowest BCUT2D eigenvalue weighted by molar-refractivity contribution is 0.0691. The molecular formula is C16H16O4S. The molecule has 0 aromatic heterocycles. The zero-order chi connectivity index (χ0) is 15.2.